The molecule has 27 nitrogen and oxygen atoms in total. The van der Waals surface area contributed by atoms with Gasteiger partial charge in [-0.2, -0.15) is 0 Å². The topological polar surface area (TPSA) is 312 Å². The number of aliphatic hydroxyl groups is 3. The van der Waals surface area contributed by atoms with Gasteiger partial charge in [0.15, 0.2) is 17.1 Å². The molecular formula is C75H90N18O9. The summed E-state index contributed by atoms with van der Waals surface area (Å²) in [4.78, 5) is 25.2. The van der Waals surface area contributed by atoms with Gasteiger partial charge in [-0.25, -0.2) is 28.5 Å². The third kappa shape index (κ3) is 14.8. The Balaban J connectivity index is 0.000000137. The number of aliphatic hydroxyl groups excluding tert-OH is 3. The summed E-state index contributed by atoms with van der Waals surface area (Å²) in [6, 6.07) is 19.0. The summed E-state index contributed by atoms with van der Waals surface area (Å²) in [7, 11) is 3.97. The molecule has 0 atom stereocenters. The maximum Gasteiger partial charge on any atom is 0.260 e. The second kappa shape index (κ2) is 31.7. The standard InChI is InChI=1S/C26H32N6O3.C25H30N6O3.C24H28N6O3/c1-17-18(2)30(3)25-21(34-14-12-31-9-6-7-10-31)16-19(23(27)22(17)25)28-24-20-8-4-5-11-32(20)29-26(24)35-15-13-33;1-16-17(2)27-24-20(33-13-11-30-8-5-6-9-30)15-18(22(26)21(16)24)28-23-19-7-3-4-10-31(19)29-25(23)34-14-12-32;1-28-11-7-17-21(25)18(16-20(23(17)28)32-14-12-29-8-4-5-9-29)26-22-19-6-2-3-10-30(19)27-24(22)33-15-13-31/h4-5,8,11,16,27,33H,6-7,9-10,12-15H2,1-3H3;3-4,7,10,15,26-27,32H,5-6,8-9,11-14H2,1-2H3;2-3,6-7,10-11,16,25,31H,4-5,8-9,12-15H2,1H3. The van der Waals surface area contributed by atoms with Crippen molar-refractivity contribution < 1.29 is 43.7 Å². The number of aliphatic imine (C=N–C) groups is 3. The van der Waals surface area contributed by atoms with Crippen LogP contribution in [0.25, 0.3) is 33.8 Å². The Labute approximate surface area is 591 Å². The van der Waals surface area contributed by atoms with E-state index < -0.39 is 0 Å². The lowest BCUT2D eigenvalue weighted by atomic mass is 9.95. The predicted molar refractivity (Wildman–Crippen MR) is 394 cm³/mol. The molecule has 3 aliphatic carbocycles. The number of nitrogens with zero attached hydrogens (tertiary/aromatic N) is 14. The van der Waals surface area contributed by atoms with Gasteiger partial charge < -0.3 is 57.9 Å². The van der Waals surface area contributed by atoms with Gasteiger partial charge >= 0.3 is 0 Å². The fourth-order valence-corrected chi connectivity index (χ4v) is 13.7. The Kier molecular flexibility index (Phi) is 21.8. The maximum absolute atomic E-state index is 9.26. The van der Waals surface area contributed by atoms with E-state index in [1.54, 1.807) is 13.5 Å². The summed E-state index contributed by atoms with van der Waals surface area (Å²) < 4.78 is 45.0. The fraction of sp³-hybridized carbons (Fsp3) is 0.400. The number of hydrogen-bond acceptors (Lipinski definition) is 21. The summed E-state index contributed by atoms with van der Waals surface area (Å²) in [5.74, 6) is 3.08. The normalized spacial score (nSPS) is 17.4. The van der Waals surface area contributed by atoms with E-state index in [-0.39, 0.29) is 39.6 Å². The molecule has 0 saturated carbocycles. The van der Waals surface area contributed by atoms with E-state index in [1.165, 1.54) is 38.5 Å². The molecule has 3 saturated heterocycles. The molecular weight excluding hydrogens is 1300 g/mol. The molecule has 0 aromatic carbocycles. The highest BCUT2D eigenvalue weighted by atomic mass is 16.5. The zero-order valence-corrected chi connectivity index (χ0v) is 58.8. The Morgan fingerprint density at radius 3 is 1.27 bits per heavy atom. The maximum atomic E-state index is 9.26. The number of allylic oxidation sites excluding steroid dienone is 3. The van der Waals surface area contributed by atoms with Gasteiger partial charge in [-0.1, -0.05) is 18.2 Å². The van der Waals surface area contributed by atoms with Crippen LogP contribution in [0, 0.1) is 43.9 Å². The van der Waals surface area contributed by atoms with E-state index >= 15 is 0 Å². The van der Waals surface area contributed by atoms with Gasteiger partial charge in [-0.3, -0.25) is 30.9 Å². The van der Waals surface area contributed by atoms with Crippen molar-refractivity contribution in [3.05, 3.63) is 160 Å². The number of hydrogen-bond donors (Lipinski definition) is 7. The lowest BCUT2D eigenvalue weighted by Crippen LogP contribution is -2.25. The van der Waals surface area contributed by atoms with E-state index in [0.29, 0.717) is 100 Å². The van der Waals surface area contributed by atoms with Crippen molar-refractivity contribution >= 4 is 85.2 Å². The number of H-pyrrole nitrogens is 1. The van der Waals surface area contributed by atoms with Gasteiger partial charge in [0.25, 0.3) is 17.6 Å². The zero-order valence-electron chi connectivity index (χ0n) is 58.8. The third-order valence-electron chi connectivity index (χ3n) is 19.3. The molecule has 15 rings (SSSR count). The Morgan fingerprint density at radius 1 is 0.451 bits per heavy atom. The number of nitrogens with one attached hydrogen (secondary N) is 4. The molecule has 0 bridgehead atoms. The molecule has 0 radical (unpaired) electrons. The molecule has 0 amide bonds. The van der Waals surface area contributed by atoms with Crippen molar-refractivity contribution in [1.29, 1.82) is 16.2 Å². The second-order valence-corrected chi connectivity index (χ2v) is 25.9. The van der Waals surface area contributed by atoms with Crippen LogP contribution in [0.15, 0.2) is 119 Å². The van der Waals surface area contributed by atoms with Crippen LogP contribution in [0.5, 0.6) is 17.6 Å². The van der Waals surface area contributed by atoms with Crippen molar-refractivity contribution in [3.8, 4) is 17.6 Å². The molecule has 0 unspecified atom stereocenters. The minimum Gasteiger partial charge on any atom is -0.490 e. The van der Waals surface area contributed by atoms with Gasteiger partial charge in [0.05, 0.1) is 87.7 Å². The van der Waals surface area contributed by atoms with Gasteiger partial charge in [0.1, 0.15) is 56.9 Å². The molecule has 27 heteroatoms. The largest absolute Gasteiger partial charge is 0.490 e. The molecule has 534 valence electrons. The molecule has 7 N–H and O–H groups in total. The summed E-state index contributed by atoms with van der Waals surface area (Å²) in [5, 5.41) is 67.9. The summed E-state index contributed by atoms with van der Waals surface area (Å²) in [6.07, 6.45) is 20.4. The van der Waals surface area contributed by atoms with Gasteiger partial charge in [-0.15, -0.1) is 15.3 Å². The number of aromatic amines is 1. The highest BCUT2D eigenvalue weighted by molar-refractivity contribution is 6.55. The number of ether oxygens (including phenoxy) is 6. The minimum absolute atomic E-state index is 0.111. The lowest BCUT2D eigenvalue weighted by Gasteiger charge is -2.21. The number of aromatic nitrogens is 9. The predicted octanol–water partition coefficient (Wildman–Crippen LogP) is 9.18. The van der Waals surface area contributed by atoms with Gasteiger partial charge in [0.2, 0.25) is 0 Å². The minimum atomic E-state index is -0.125. The molecule has 12 heterocycles. The van der Waals surface area contributed by atoms with E-state index in [9.17, 15) is 15.3 Å². The molecule has 0 spiro atoms. The van der Waals surface area contributed by atoms with Crippen molar-refractivity contribution in [2.75, 3.05) is 118 Å². The number of rotatable bonds is 24. The quantitative estimate of drug-likeness (QED) is 0.0296. The first-order chi connectivity index (χ1) is 49.7. The zero-order chi connectivity index (χ0) is 71.0. The number of likely N-dealkylation sites (tertiary alicyclic amines) is 3. The first-order valence-electron chi connectivity index (χ1n) is 35.1. The van der Waals surface area contributed by atoms with Crippen molar-refractivity contribution in [3.63, 3.8) is 0 Å². The van der Waals surface area contributed by atoms with Crippen LogP contribution in [0.3, 0.4) is 0 Å². The molecule has 9 aromatic rings. The fourth-order valence-electron chi connectivity index (χ4n) is 13.7. The second-order valence-electron chi connectivity index (χ2n) is 25.9. The molecule has 3 aliphatic heterocycles. The van der Waals surface area contributed by atoms with Crippen LogP contribution >= 0.6 is 0 Å². The van der Waals surface area contributed by atoms with Crippen LogP contribution in [0.4, 0.5) is 17.1 Å². The van der Waals surface area contributed by atoms with Gasteiger partial charge in [-0.05, 0) is 159 Å². The van der Waals surface area contributed by atoms with Crippen LogP contribution in [-0.4, -0.2) is 226 Å². The monoisotopic (exact) mass is 1390 g/mol. The molecule has 102 heavy (non-hydrogen) atoms. The average molecular weight is 1390 g/mol. The van der Waals surface area contributed by atoms with E-state index in [1.807, 2.05) is 143 Å². The van der Waals surface area contributed by atoms with Crippen LogP contribution < -0.4 is 14.2 Å². The molecule has 3 fully saturated rings. The molecule has 6 aliphatic rings. The number of fused-ring (bicyclic) bond motifs is 6. The van der Waals surface area contributed by atoms with Crippen molar-refractivity contribution in [1.82, 2.24) is 57.7 Å². The van der Waals surface area contributed by atoms with E-state index in [4.69, 9.17) is 59.6 Å². The average Bonchev–Trinajstić information content (AvgIpc) is 1.59. The Morgan fingerprint density at radius 2 is 0.843 bits per heavy atom. The number of aryl methyl sites for hydroxylation is 2. The third-order valence-corrected chi connectivity index (χ3v) is 19.3. The van der Waals surface area contributed by atoms with Crippen molar-refractivity contribution in [2.45, 2.75) is 66.2 Å². The summed E-state index contributed by atoms with van der Waals surface area (Å²) in [6.45, 7) is 19.2. The van der Waals surface area contributed by atoms with Crippen LogP contribution in [-0.2, 0) is 28.3 Å². The van der Waals surface area contributed by atoms with E-state index in [0.717, 1.165) is 137 Å². The first kappa shape index (κ1) is 70.2. The van der Waals surface area contributed by atoms with Crippen LogP contribution in [0.1, 0.15) is 94.8 Å². The highest BCUT2D eigenvalue weighted by Crippen LogP contribution is 2.40. The lowest BCUT2D eigenvalue weighted by molar-refractivity contribution is 0.197. The molecule has 9 aromatic heterocycles. The summed E-state index contributed by atoms with van der Waals surface area (Å²) in [5.41, 5.74) is 15.5. The number of pyridine rings is 3. The van der Waals surface area contributed by atoms with Crippen molar-refractivity contribution in [2.24, 2.45) is 29.1 Å². The first-order valence-corrected chi connectivity index (χ1v) is 35.1. The van der Waals surface area contributed by atoms with Crippen LogP contribution in [0.2, 0.25) is 0 Å². The van der Waals surface area contributed by atoms with E-state index in [2.05, 4.69) is 46.5 Å². The Bertz CT molecular complexity index is 4780. The van der Waals surface area contributed by atoms with Gasteiger partial charge in [0, 0.05) is 105 Å². The SMILES string of the molecule is Cc1[nH]c2c(c1C)C(=N)C(=Nc1c(OCCO)nn3ccccc13)C=C2OCCN1CCCC1.Cc1c2c(n(C)c1C)C(OCCN1CCCC1)=CC(=Nc1c(OCCO)nn3ccccc13)C2=N.Cn1ccc2c1C(OCCN1CCCC1)=CC(=Nc1c(OCCO)nn3ccccc13)C2=N. The highest BCUT2D eigenvalue weighted by Gasteiger charge is 2.33. The summed E-state index contributed by atoms with van der Waals surface area (Å²) >= 11 is 0. The Hall–Kier alpha value is -10.3. The smallest absolute Gasteiger partial charge is 0.260 e.